The van der Waals surface area contributed by atoms with Crippen molar-refractivity contribution < 1.29 is 9.50 Å². The van der Waals surface area contributed by atoms with Crippen LogP contribution in [0.25, 0.3) is 32.9 Å². The average molecular weight is 455 g/mol. The van der Waals surface area contributed by atoms with Crippen molar-refractivity contribution in [3.05, 3.63) is 71.6 Å². The SMILES string of the molecule is [C-]#[N+]c1ccc(-c2nc(N3CC4CC3CC4N)n3ccnc3c2-c2ccc(C)c(O)c2)cc1F. The maximum absolute atomic E-state index is 14.7. The van der Waals surface area contributed by atoms with Crippen molar-refractivity contribution in [1.29, 1.82) is 0 Å². The lowest BCUT2D eigenvalue weighted by atomic mass is 9.98. The fourth-order valence-electron chi connectivity index (χ4n) is 5.39. The van der Waals surface area contributed by atoms with E-state index in [-0.39, 0.29) is 17.5 Å². The lowest BCUT2D eigenvalue weighted by Crippen LogP contribution is -2.42. The molecule has 0 amide bonds. The standard InChI is InChI=1S/C26H23FN6O/c1-14-3-4-15(11-22(14)34)23-24(16-5-6-21(29-2)19(27)10-16)31-26(32-8-7-30-25(23)32)33-13-17-9-18(33)12-20(17)28/h3-8,10-11,17-18,20,34H,9,12-13,28H2,1H3. The summed E-state index contributed by atoms with van der Waals surface area (Å²) in [6.45, 7) is 9.84. The molecule has 1 aliphatic carbocycles. The highest BCUT2D eigenvalue weighted by molar-refractivity contribution is 5.91. The van der Waals surface area contributed by atoms with Gasteiger partial charge in [0.1, 0.15) is 17.2 Å². The molecule has 1 saturated carbocycles. The van der Waals surface area contributed by atoms with Crippen molar-refractivity contribution in [3.8, 4) is 28.1 Å². The number of imidazole rings is 1. The van der Waals surface area contributed by atoms with E-state index in [9.17, 15) is 9.50 Å². The number of nitrogens with two attached hydrogens (primary N) is 1. The number of rotatable bonds is 3. The molecule has 0 radical (unpaired) electrons. The first-order valence-corrected chi connectivity index (χ1v) is 11.3. The predicted molar refractivity (Wildman–Crippen MR) is 128 cm³/mol. The molecule has 8 heteroatoms. The number of phenolic OH excluding ortho intramolecular Hbond substituents is 1. The first-order valence-electron chi connectivity index (χ1n) is 11.3. The molecule has 3 N–H and O–H groups in total. The fourth-order valence-corrected chi connectivity index (χ4v) is 5.39. The summed E-state index contributed by atoms with van der Waals surface area (Å²) < 4.78 is 16.6. The summed E-state index contributed by atoms with van der Waals surface area (Å²) >= 11 is 0. The number of aromatic hydroxyl groups is 1. The van der Waals surface area contributed by atoms with Crippen molar-refractivity contribution in [2.75, 3.05) is 11.4 Å². The molecule has 4 aromatic rings. The zero-order valence-corrected chi connectivity index (χ0v) is 18.6. The molecule has 3 atom stereocenters. The van der Waals surface area contributed by atoms with E-state index in [1.165, 1.54) is 12.1 Å². The summed E-state index contributed by atoms with van der Waals surface area (Å²) in [7, 11) is 0. The van der Waals surface area contributed by atoms with Gasteiger partial charge in [0.25, 0.3) is 0 Å². The number of hydrogen-bond donors (Lipinski definition) is 2. The number of nitrogens with zero attached hydrogens (tertiary/aromatic N) is 5. The number of piperidine rings is 1. The number of benzene rings is 2. The quantitative estimate of drug-likeness (QED) is 0.439. The summed E-state index contributed by atoms with van der Waals surface area (Å²) in [6.07, 6.45) is 5.56. The van der Waals surface area contributed by atoms with Crippen LogP contribution in [0.5, 0.6) is 5.75 Å². The molecule has 2 fully saturated rings. The average Bonchev–Trinajstić information content (AvgIpc) is 3.55. The molecule has 7 nitrogen and oxygen atoms in total. The first-order chi connectivity index (χ1) is 16.4. The Morgan fingerprint density at radius 2 is 2.00 bits per heavy atom. The first kappa shape index (κ1) is 20.6. The van der Waals surface area contributed by atoms with Crippen molar-refractivity contribution in [2.24, 2.45) is 11.7 Å². The topological polar surface area (TPSA) is 84.0 Å². The molecule has 2 aliphatic rings. The lowest BCUT2D eigenvalue weighted by molar-refractivity contribution is 0.468. The highest BCUT2D eigenvalue weighted by Crippen LogP contribution is 2.43. The number of phenols is 1. The largest absolute Gasteiger partial charge is 0.508 e. The van der Waals surface area contributed by atoms with Gasteiger partial charge in [-0.15, -0.1) is 0 Å². The van der Waals surface area contributed by atoms with E-state index in [4.69, 9.17) is 17.3 Å². The van der Waals surface area contributed by atoms with Crippen molar-refractivity contribution in [1.82, 2.24) is 14.4 Å². The van der Waals surface area contributed by atoms with Crippen LogP contribution in [-0.4, -0.2) is 38.1 Å². The number of fused-ring (bicyclic) bond motifs is 3. The van der Waals surface area contributed by atoms with E-state index >= 15 is 0 Å². The molecule has 1 aliphatic heterocycles. The highest BCUT2D eigenvalue weighted by Gasteiger charge is 2.44. The Balaban J connectivity index is 1.62. The second-order valence-corrected chi connectivity index (χ2v) is 9.24. The molecule has 3 unspecified atom stereocenters. The third kappa shape index (κ3) is 3.05. The van der Waals surface area contributed by atoms with Crippen LogP contribution < -0.4 is 10.6 Å². The zero-order valence-electron chi connectivity index (χ0n) is 18.6. The number of halogens is 1. The molecule has 170 valence electrons. The van der Waals surface area contributed by atoms with Gasteiger partial charge in [-0.25, -0.2) is 19.2 Å². The van der Waals surface area contributed by atoms with Crippen LogP contribution in [0.3, 0.4) is 0 Å². The summed E-state index contributed by atoms with van der Waals surface area (Å²) in [5, 5.41) is 10.4. The minimum atomic E-state index is -0.594. The van der Waals surface area contributed by atoms with Gasteiger partial charge in [0.2, 0.25) is 11.6 Å². The molecule has 2 aromatic carbocycles. The monoisotopic (exact) mass is 454 g/mol. The van der Waals surface area contributed by atoms with Crippen LogP contribution in [0, 0.1) is 25.2 Å². The normalized spacial score (nSPS) is 21.4. The molecule has 6 rings (SSSR count). The number of aromatic nitrogens is 3. The number of hydrogen-bond acceptors (Lipinski definition) is 5. The van der Waals surface area contributed by atoms with E-state index in [0.29, 0.717) is 34.4 Å². The van der Waals surface area contributed by atoms with Gasteiger partial charge in [0.15, 0.2) is 0 Å². The molecule has 3 heterocycles. The molecule has 34 heavy (non-hydrogen) atoms. The Kier molecular flexibility index (Phi) is 4.57. The molecule has 0 spiro atoms. The minimum Gasteiger partial charge on any atom is -0.508 e. The Bertz CT molecular complexity index is 1490. The van der Waals surface area contributed by atoms with Gasteiger partial charge in [-0.2, -0.15) is 0 Å². The third-order valence-corrected chi connectivity index (χ3v) is 7.22. The van der Waals surface area contributed by atoms with Crippen LogP contribution in [-0.2, 0) is 0 Å². The van der Waals surface area contributed by atoms with E-state index < -0.39 is 5.82 Å². The summed E-state index contributed by atoms with van der Waals surface area (Å²) in [5.74, 6) is 0.746. The van der Waals surface area contributed by atoms with Crippen LogP contribution in [0.2, 0.25) is 0 Å². The van der Waals surface area contributed by atoms with E-state index in [2.05, 4.69) is 14.7 Å². The predicted octanol–water partition coefficient (Wildman–Crippen LogP) is 4.69. The maximum Gasteiger partial charge on any atom is 0.222 e. The maximum atomic E-state index is 14.7. The van der Waals surface area contributed by atoms with Crippen molar-refractivity contribution >= 4 is 17.3 Å². The summed E-state index contributed by atoms with van der Waals surface area (Å²) in [4.78, 5) is 15.3. The van der Waals surface area contributed by atoms with Crippen LogP contribution >= 0.6 is 0 Å². The molecular weight excluding hydrogens is 431 g/mol. The summed E-state index contributed by atoms with van der Waals surface area (Å²) in [6, 6.07) is 10.5. The third-order valence-electron chi connectivity index (χ3n) is 7.22. The van der Waals surface area contributed by atoms with Gasteiger partial charge in [-0.3, -0.25) is 4.40 Å². The van der Waals surface area contributed by atoms with E-state index in [0.717, 1.165) is 36.5 Å². The minimum absolute atomic E-state index is 0.0359. The highest BCUT2D eigenvalue weighted by atomic mass is 19.1. The Morgan fingerprint density at radius 1 is 1.18 bits per heavy atom. The van der Waals surface area contributed by atoms with Crippen molar-refractivity contribution in [3.63, 3.8) is 0 Å². The van der Waals surface area contributed by atoms with Gasteiger partial charge in [0.05, 0.1) is 17.8 Å². The molecule has 1 saturated heterocycles. The van der Waals surface area contributed by atoms with E-state index in [1.54, 1.807) is 18.3 Å². The molecular formula is C26H23FN6O. The second-order valence-electron chi connectivity index (χ2n) is 9.24. The Labute approximate surface area is 196 Å². The Hall–Kier alpha value is -3.96. The van der Waals surface area contributed by atoms with Gasteiger partial charge >= 0.3 is 0 Å². The molecule has 2 aromatic heterocycles. The van der Waals surface area contributed by atoms with Gasteiger partial charge in [-0.1, -0.05) is 24.3 Å². The van der Waals surface area contributed by atoms with Crippen LogP contribution in [0.15, 0.2) is 48.8 Å². The van der Waals surface area contributed by atoms with Crippen LogP contribution in [0.1, 0.15) is 18.4 Å². The van der Waals surface area contributed by atoms with Crippen LogP contribution in [0.4, 0.5) is 16.0 Å². The van der Waals surface area contributed by atoms with Gasteiger partial charge < -0.3 is 15.7 Å². The number of anilines is 1. The zero-order chi connectivity index (χ0) is 23.6. The number of aryl methyl sites for hydroxylation is 1. The lowest BCUT2D eigenvalue weighted by Gasteiger charge is -2.31. The van der Waals surface area contributed by atoms with Gasteiger partial charge in [-0.05, 0) is 48.9 Å². The molecule has 2 bridgehead atoms. The fraction of sp³-hybridized carbons (Fsp3) is 0.269. The Morgan fingerprint density at radius 3 is 2.68 bits per heavy atom. The second kappa shape index (κ2) is 7.54. The van der Waals surface area contributed by atoms with E-state index in [1.807, 2.05) is 29.7 Å². The van der Waals surface area contributed by atoms with Gasteiger partial charge in [0, 0.05) is 36.6 Å². The smallest absolute Gasteiger partial charge is 0.222 e. The summed E-state index contributed by atoms with van der Waals surface area (Å²) in [5.41, 5.74) is 10.2. The van der Waals surface area contributed by atoms with Crippen molar-refractivity contribution in [2.45, 2.75) is 31.8 Å².